The molecule has 0 fully saturated rings. The predicted molar refractivity (Wildman–Crippen MR) is 68.5 cm³/mol. The van der Waals surface area contributed by atoms with Crippen molar-refractivity contribution in [3.8, 4) is 0 Å². The zero-order chi connectivity index (χ0) is 13.7. The maximum atomic E-state index is 12.2. The van der Waals surface area contributed by atoms with Crippen LogP contribution < -0.4 is 10.6 Å². The van der Waals surface area contributed by atoms with Gasteiger partial charge in [0.15, 0.2) is 17.7 Å². The van der Waals surface area contributed by atoms with Crippen molar-refractivity contribution in [3.05, 3.63) is 59.5 Å². The number of hydrogen-bond acceptors (Lipinski definition) is 5. The molecule has 0 bridgehead atoms. The van der Waals surface area contributed by atoms with Gasteiger partial charge in [0, 0.05) is 5.57 Å². The van der Waals surface area contributed by atoms with Crippen LogP contribution in [0.1, 0.15) is 11.5 Å². The van der Waals surface area contributed by atoms with Crippen LogP contribution in [0.25, 0.3) is 11.4 Å². The van der Waals surface area contributed by atoms with Gasteiger partial charge in [-0.25, -0.2) is 0 Å². The quantitative estimate of drug-likeness (QED) is 0.759. The number of nitrogens with one attached hydrogen (secondary N) is 2. The van der Waals surface area contributed by atoms with Crippen LogP contribution in [-0.2, 0) is 4.79 Å². The van der Waals surface area contributed by atoms with Gasteiger partial charge in [-0.2, -0.15) is 0 Å². The summed E-state index contributed by atoms with van der Waals surface area (Å²) in [5.41, 5.74) is 1.84. The third kappa shape index (κ3) is 1.39. The van der Waals surface area contributed by atoms with E-state index in [-0.39, 0.29) is 5.91 Å². The van der Waals surface area contributed by atoms with Crippen molar-refractivity contribution in [2.45, 2.75) is 6.23 Å². The molecule has 3 N–H and O–H groups in total. The van der Waals surface area contributed by atoms with E-state index in [1.807, 2.05) is 0 Å². The molecular formula is C14H10N2O4. The molecule has 0 radical (unpaired) electrons. The Morgan fingerprint density at radius 2 is 1.70 bits per heavy atom. The summed E-state index contributed by atoms with van der Waals surface area (Å²) in [7, 11) is 0. The topological polar surface area (TPSA) is 87.6 Å². The van der Waals surface area contributed by atoms with E-state index in [4.69, 9.17) is 8.83 Å². The van der Waals surface area contributed by atoms with Crippen molar-refractivity contribution in [2.75, 3.05) is 0 Å². The van der Waals surface area contributed by atoms with Crippen LogP contribution in [-0.4, -0.2) is 17.2 Å². The molecule has 0 spiro atoms. The summed E-state index contributed by atoms with van der Waals surface area (Å²) in [5.74, 6) is 0.719. The molecule has 4 heterocycles. The smallest absolute Gasteiger partial charge is 0.258 e. The van der Waals surface area contributed by atoms with Crippen LogP contribution in [0, 0.1) is 0 Å². The Hall–Kier alpha value is -2.73. The van der Waals surface area contributed by atoms with Gasteiger partial charge in [0.05, 0.1) is 29.5 Å². The SMILES string of the molecule is O=C1NC(c2ccco2)=C2C1=C(c1ccco1)NC2O. The van der Waals surface area contributed by atoms with Gasteiger partial charge in [-0.15, -0.1) is 0 Å². The van der Waals surface area contributed by atoms with E-state index < -0.39 is 6.23 Å². The van der Waals surface area contributed by atoms with Crippen LogP contribution in [0.4, 0.5) is 0 Å². The van der Waals surface area contributed by atoms with E-state index in [9.17, 15) is 9.90 Å². The second-order valence-electron chi connectivity index (χ2n) is 4.49. The molecule has 4 rings (SSSR count). The zero-order valence-electron chi connectivity index (χ0n) is 10.2. The Morgan fingerprint density at radius 3 is 2.30 bits per heavy atom. The summed E-state index contributed by atoms with van der Waals surface area (Å²) >= 11 is 0. The maximum absolute atomic E-state index is 12.2. The van der Waals surface area contributed by atoms with Gasteiger partial charge in [-0.3, -0.25) is 4.79 Å². The second kappa shape index (κ2) is 3.88. The summed E-state index contributed by atoms with van der Waals surface area (Å²) in [4.78, 5) is 12.2. The summed E-state index contributed by atoms with van der Waals surface area (Å²) in [6, 6.07) is 6.89. The lowest BCUT2D eigenvalue weighted by Gasteiger charge is -2.09. The number of aliphatic hydroxyl groups excluding tert-OH is 1. The molecule has 0 aliphatic carbocycles. The van der Waals surface area contributed by atoms with Crippen molar-refractivity contribution in [1.82, 2.24) is 10.6 Å². The molecule has 100 valence electrons. The first kappa shape index (κ1) is 11.1. The summed E-state index contributed by atoms with van der Waals surface area (Å²) in [6.45, 7) is 0. The van der Waals surface area contributed by atoms with Crippen LogP contribution in [0.15, 0.2) is 56.8 Å². The van der Waals surface area contributed by atoms with Crippen molar-refractivity contribution < 1.29 is 18.7 Å². The third-order valence-electron chi connectivity index (χ3n) is 3.34. The van der Waals surface area contributed by atoms with Crippen molar-refractivity contribution in [2.24, 2.45) is 0 Å². The molecule has 1 amide bonds. The highest BCUT2D eigenvalue weighted by atomic mass is 16.3. The Labute approximate surface area is 113 Å². The number of rotatable bonds is 2. The average Bonchev–Trinajstić information content (AvgIpc) is 3.17. The number of furan rings is 2. The van der Waals surface area contributed by atoms with Gasteiger partial charge >= 0.3 is 0 Å². The fourth-order valence-electron chi connectivity index (χ4n) is 2.52. The lowest BCUT2D eigenvalue weighted by molar-refractivity contribution is -0.115. The Kier molecular flexibility index (Phi) is 2.16. The fraction of sp³-hybridized carbons (Fsp3) is 0.0714. The molecule has 0 saturated carbocycles. The minimum Gasteiger partial charge on any atom is -0.463 e. The molecule has 1 unspecified atom stereocenters. The molecule has 20 heavy (non-hydrogen) atoms. The molecule has 6 heteroatoms. The number of carbonyl (C=O) groups excluding carboxylic acids is 1. The second-order valence-corrected chi connectivity index (χ2v) is 4.49. The van der Waals surface area contributed by atoms with Gasteiger partial charge in [-0.1, -0.05) is 0 Å². The van der Waals surface area contributed by atoms with E-state index in [0.717, 1.165) is 0 Å². The van der Waals surface area contributed by atoms with E-state index in [2.05, 4.69) is 10.6 Å². The van der Waals surface area contributed by atoms with Crippen LogP contribution in [0.5, 0.6) is 0 Å². The number of hydrogen-bond donors (Lipinski definition) is 3. The van der Waals surface area contributed by atoms with E-state index >= 15 is 0 Å². The number of fused-ring (bicyclic) bond motifs is 1. The lowest BCUT2D eigenvalue weighted by Crippen LogP contribution is -2.24. The van der Waals surface area contributed by atoms with Gasteiger partial charge in [0.1, 0.15) is 0 Å². The van der Waals surface area contributed by atoms with Gasteiger partial charge in [0.2, 0.25) is 0 Å². The highest BCUT2D eigenvalue weighted by molar-refractivity contribution is 6.16. The molecule has 2 aromatic rings. The standard InChI is InChI=1S/C14H10N2O4/c17-13-9-10(12(16-13)8-4-2-6-20-8)14(18)15-11(9)7-3-1-5-19-7/h1-6,13,16-17H,(H,15,18). The van der Waals surface area contributed by atoms with E-state index in [1.54, 1.807) is 24.3 Å². The lowest BCUT2D eigenvalue weighted by atomic mass is 10.1. The summed E-state index contributed by atoms with van der Waals surface area (Å²) < 4.78 is 10.6. The molecule has 6 nitrogen and oxygen atoms in total. The first-order chi connectivity index (χ1) is 9.75. The minimum absolute atomic E-state index is 0.290. The minimum atomic E-state index is -0.982. The molecule has 0 saturated heterocycles. The number of aliphatic hydroxyl groups is 1. The van der Waals surface area contributed by atoms with Crippen LogP contribution >= 0.6 is 0 Å². The Balaban J connectivity index is 1.93. The number of amides is 1. The number of carbonyl (C=O) groups is 1. The highest BCUT2D eigenvalue weighted by Crippen LogP contribution is 2.38. The van der Waals surface area contributed by atoms with Crippen molar-refractivity contribution in [1.29, 1.82) is 0 Å². The van der Waals surface area contributed by atoms with Crippen LogP contribution in [0.3, 0.4) is 0 Å². The predicted octanol–water partition coefficient (Wildman–Crippen LogP) is 1.05. The molecule has 1 atom stereocenters. The van der Waals surface area contributed by atoms with Crippen LogP contribution in [0.2, 0.25) is 0 Å². The first-order valence-corrected chi connectivity index (χ1v) is 6.08. The highest BCUT2D eigenvalue weighted by Gasteiger charge is 2.42. The van der Waals surface area contributed by atoms with Gasteiger partial charge < -0.3 is 24.6 Å². The third-order valence-corrected chi connectivity index (χ3v) is 3.34. The van der Waals surface area contributed by atoms with Gasteiger partial charge in [-0.05, 0) is 24.3 Å². The Bertz CT molecular complexity index is 738. The largest absolute Gasteiger partial charge is 0.463 e. The molecular weight excluding hydrogens is 260 g/mol. The summed E-state index contributed by atoms with van der Waals surface area (Å²) in [6.07, 6.45) is 2.04. The first-order valence-electron chi connectivity index (χ1n) is 6.08. The van der Waals surface area contributed by atoms with E-state index in [1.165, 1.54) is 12.5 Å². The van der Waals surface area contributed by atoms with Crippen molar-refractivity contribution in [3.63, 3.8) is 0 Å². The molecule has 0 aromatic carbocycles. The monoisotopic (exact) mass is 270 g/mol. The Morgan fingerprint density at radius 1 is 1.05 bits per heavy atom. The normalized spacial score (nSPS) is 21.2. The average molecular weight is 270 g/mol. The van der Waals surface area contributed by atoms with Gasteiger partial charge in [0.25, 0.3) is 5.91 Å². The summed E-state index contributed by atoms with van der Waals surface area (Å²) in [5, 5.41) is 15.8. The molecule has 2 aliphatic rings. The van der Waals surface area contributed by atoms with E-state index in [0.29, 0.717) is 34.1 Å². The maximum Gasteiger partial charge on any atom is 0.258 e. The fourth-order valence-corrected chi connectivity index (χ4v) is 2.52. The molecule has 2 aliphatic heterocycles. The van der Waals surface area contributed by atoms with Crippen molar-refractivity contribution >= 4 is 17.3 Å². The zero-order valence-corrected chi connectivity index (χ0v) is 10.2. The molecule has 2 aromatic heterocycles.